The Morgan fingerprint density at radius 1 is 1.05 bits per heavy atom. The van der Waals surface area contributed by atoms with E-state index in [2.05, 4.69) is 38.7 Å². The van der Waals surface area contributed by atoms with Gasteiger partial charge in [0, 0.05) is 6.42 Å². The maximum Gasteiger partial charge on any atom is 0.158 e. The molecular weight excluding hydrogens is 256 g/mol. The molecule has 1 aliphatic rings. The van der Waals surface area contributed by atoms with Gasteiger partial charge in [0.1, 0.15) is 0 Å². The molecule has 0 aromatic carbocycles. The van der Waals surface area contributed by atoms with Crippen LogP contribution in [-0.4, -0.2) is 5.78 Å². The summed E-state index contributed by atoms with van der Waals surface area (Å²) in [6.07, 6.45) is 12.5. The van der Waals surface area contributed by atoms with Crippen molar-refractivity contribution in [2.24, 2.45) is 5.92 Å². The molecule has 0 saturated carbocycles. The van der Waals surface area contributed by atoms with Crippen LogP contribution in [0.1, 0.15) is 66.2 Å². The summed E-state index contributed by atoms with van der Waals surface area (Å²) in [6, 6.07) is 0. The SMILES string of the molecule is C=C(C)C1C/C=C(\C)CC/C=C(\C)CC/C=C(\C)C(=O)C1. The molecule has 0 fully saturated rings. The normalized spacial score (nSPS) is 30.2. The van der Waals surface area contributed by atoms with Crippen molar-refractivity contribution < 1.29 is 4.79 Å². The topological polar surface area (TPSA) is 17.1 Å². The first-order valence-electron chi connectivity index (χ1n) is 8.06. The largest absolute Gasteiger partial charge is 0.295 e. The number of rotatable bonds is 1. The molecule has 21 heavy (non-hydrogen) atoms. The first-order valence-corrected chi connectivity index (χ1v) is 8.06. The van der Waals surface area contributed by atoms with Crippen LogP contribution >= 0.6 is 0 Å². The number of hydrogen-bond donors (Lipinski definition) is 0. The zero-order valence-corrected chi connectivity index (χ0v) is 14.2. The van der Waals surface area contributed by atoms with E-state index in [1.54, 1.807) is 0 Å². The van der Waals surface area contributed by atoms with Crippen LogP contribution < -0.4 is 0 Å². The third-order valence-electron chi connectivity index (χ3n) is 4.34. The minimum absolute atomic E-state index is 0.271. The molecular formula is C20H30O. The van der Waals surface area contributed by atoms with Gasteiger partial charge in [0.2, 0.25) is 0 Å². The Hall–Kier alpha value is -1.37. The van der Waals surface area contributed by atoms with Crippen LogP contribution in [0.2, 0.25) is 0 Å². The van der Waals surface area contributed by atoms with Crippen LogP contribution in [0.25, 0.3) is 0 Å². The second kappa shape index (κ2) is 8.81. The fraction of sp³-hybridized carbons (Fsp3) is 0.550. The van der Waals surface area contributed by atoms with Crippen molar-refractivity contribution in [1.29, 1.82) is 0 Å². The second-order valence-corrected chi connectivity index (χ2v) is 6.47. The molecule has 0 heterocycles. The Labute approximate surface area is 130 Å². The highest BCUT2D eigenvalue weighted by Crippen LogP contribution is 2.23. The van der Waals surface area contributed by atoms with Gasteiger partial charge in [0.15, 0.2) is 5.78 Å². The lowest BCUT2D eigenvalue weighted by Gasteiger charge is -2.15. The molecule has 116 valence electrons. The predicted molar refractivity (Wildman–Crippen MR) is 92.3 cm³/mol. The van der Waals surface area contributed by atoms with Gasteiger partial charge in [-0.15, -0.1) is 0 Å². The molecule has 0 aromatic rings. The highest BCUT2D eigenvalue weighted by Gasteiger charge is 2.15. The third-order valence-corrected chi connectivity index (χ3v) is 4.34. The van der Waals surface area contributed by atoms with E-state index < -0.39 is 0 Å². The minimum atomic E-state index is 0.271. The van der Waals surface area contributed by atoms with E-state index in [1.807, 2.05) is 13.8 Å². The first-order chi connectivity index (χ1) is 9.90. The fourth-order valence-corrected chi connectivity index (χ4v) is 2.57. The Kier molecular flexibility index (Phi) is 7.42. The fourth-order valence-electron chi connectivity index (χ4n) is 2.57. The summed E-state index contributed by atoms with van der Waals surface area (Å²) >= 11 is 0. The smallest absolute Gasteiger partial charge is 0.158 e. The molecule has 0 radical (unpaired) electrons. The molecule has 0 N–H and O–H groups in total. The van der Waals surface area contributed by atoms with Crippen LogP contribution in [-0.2, 0) is 4.79 Å². The number of carbonyl (C=O) groups excluding carboxylic acids is 1. The Morgan fingerprint density at radius 3 is 2.24 bits per heavy atom. The van der Waals surface area contributed by atoms with Crippen LogP contribution in [0.5, 0.6) is 0 Å². The lowest BCUT2D eigenvalue weighted by molar-refractivity contribution is -0.116. The highest BCUT2D eigenvalue weighted by atomic mass is 16.1. The first kappa shape index (κ1) is 17.7. The molecule has 1 atom stereocenters. The van der Waals surface area contributed by atoms with E-state index in [0.717, 1.165) is 43.3 Å². The highest BCUT2D eigenvalue weighted by molar-refractivity contribution is 5.95. The standard InChI is InChI=1S/C20H30O/c1-15(2)19-13-12-17(4)9-6-8-16(3)10-7-11-18(5)20(21)14-19/h8,11-12,19H,1,6-7,9-10,13-14H2,2-5H3/b16-8+,17-12+,18-11+. The summed E-state index contributed by atoms with van der Waals surface area (Å²) in [5.41, 5.74) is 4.87. The summed E-state index contributed by atoms with van der Waals surface area (Å²) in [6.45, 7) is 12.4. The van der Waals surface area contributed by atoms with E-state index in [-0.39, 0.29) is 11.7 Å². The molecule has 1 rings (SSSR count). The third kappa shape index (κ3) is 6.75. The summed E-state index contributed by atoms with van der Waals surface area (Å²) < 4.78 is 0. The monoisotopic (exact) mass is 286 g/mol. The van der Waals surface area contributed by atoms with Crippen molar-refractivity contribution in [3.8, 4) is 0 Å². The van der Waals surface area contributed by atoms with E-state index in [0.29, 0.717) is 6.42 Å². The van der Waals surface area contributed by atoms with Gasteiger partial charge in [-0.05, 0) is 71.3 Å². The second-order valence-electron chi connectivity index (χ2n) is 6.47. The van der Waals surface area contributed by atoms with E-state index in [1.165, 1.54) is 11.1 Å². The van der Waals surface area contributed by atoms with Gasteiger partial charge in [-0.2, -0.15) is 0 Å². The molecule has 1 aliphatic carbocycles. The maximum atomic E-state index is 12.3. The number of Topliss-reactive ketones (excluding diaryl/α,β-unsaturated/α-hetero) is 1. The van der Waals surface area contributed by atoms with E-state index in [9.17, 15) is 4.79 Å². The van der Waals surface area contributed by atoms with Gasteiger partial charge in [0.05, 0.1) is 0 Å². The summed E-state index contributed by atoms with van der Waals surface area (Å²) in [7, 11) is 0. The van der Waals surface area contributed by atoms with Crippen molar-refractivity contribution in [3.63, 3.8) is 0 Å². The zero-order chi connectivity index (χ0) is 15.8. The average Bonchev–Trinajstić information content (AvgIpc) is 2.41. The van der Waals surface area contributed by atoms with Crippen LogP contribution in [0.15, 0.2) is 47.1 Å². The van der Waals surface area contributed by atoms with Gasteiger partial charge in [-0.25, -0.2) is 0 Å². The Balaban J connectivity index is 2.92. The molecule has 0 aliphatic heterocycles. The lowest BCUT2D eigenvalue weighted by atomic mass is 9.89. The van der Waals surface area contributed by atoms with Crippen LogP contribution in [0.3, 0.4) is 0 Å². The minimum Gasteiger partial charge on any atom is -0.295 e. The van der Waals surface area contributed by atoms with Crippen molar-refractivity contribution >= 4 is 5.78 Å². The zero-order valence-electron chi connectivity index (χ0n) is 14.2. The quantitative estimate of drug-likeness (QED) is 0.545. The molecule has 0 spiro atoms. The molecule has 1 unspecified atom stereocenters. The van der Waals surface area contributed by atoms with E-state index >= 15 is 0 Å². The number of allylic oxidation sites excluding steroid dienone is 7. The average molecular weight is 286 g/mol. The van der Waals surface area contributed by atoms with Crippen molar-refractivity contribution in [2.45, 2.75) is 66.2 Å². The van der Waals surface area contributed by atoms with Crippen LogP contribution in [0, 0.1) is 5.92 Å². The molecule has 0 amide bonds. The van der Waals surface area contributed by atoms with E-state index in [4.69, 9.17) is 0 Å². The van der Waals surface area contributed by atoms with Crippen molar-refractivity contribution in [3.05, 3.63) is 47.1 Å². The molecule has 0 saturated heterocycles. The number of ketones is 1. The van der Waals surface area contributed by atoms with Gasteiger partial charge in [-0.3, -0.25) is 4.79 Å². The van der Waals surface area contributed by atoms with Crippen LogP contribution in [0.4, 0.5) is 0 Å². The van der Waals surface area contributed by atoms with Crippen molar-refractivity contribution in [1.82, 2.24) is 0 Å². The molecule has 1 nitrogen and oxygen atoms in total. The summed E-state index contributed by atoms with van der Waals surface area (Å²) in [5.74, 6) is 0.545. The van der Waals surface area contributed by atoms with Gasteiger partial charge in [-0.1, -0.05) is 41.5 Å². The summed E-state index contributed by atoms with van der Waals surface area (Å²) in [4.78, 5) is 12.3. The van der Waals surface area contributed by atoms with Gasteiger partial charge in [0.25, 0.3) is 0 Å². The summed E-state index contributed by atoms with van der Waals surface area (Å²) in [5, 5.41) is 0. The Morgan fingerprint density at radius 2 is 1.62 bits per heavy atom. The van der Waals surface area contributed by atoms with Gasteiger partial charge >= 0.3 is 0 Å². The van der Waals surface area contributed by atoms with Gasteiger partial charge < -0.3 is 0 Å². The maximum absolute atomic E-state index is 12.3. The van der Waals surface area contributed by atoms with Crippen molar-refractivity contribution in [2.75, 3.05) is 0 Å². The Bertz CT molecular complexity index is 474. The lowest BCUT2D eigenvalue weighted by Crippen LogP contribution is -2.10. The molecule has 0 aromatic heterocycles. The number of carbonyl (C=O) groups is 1. The predicted octanol–water partition coefficient (Wildman–Crippen LogP) is 5.94. The molecule has 0 bridgehead atoms. The molecule has 1 heteroatoms. The number of hydrogen-bond acceptors (Lipinski definition) is 1.